The Morgan fingerprint density at radius 1 is 1.23 bits per heavy atom. The summed E-state index contributed by atoms with van der Waals surface area (Å²) in [5.74, 6) is -0.239. The van der Waals surface area contributed by atoms with Crippen molar-refractivity contribution < 1.29 is 18.3 Å². The molecule has 2 aromatic rings. The molecule has 2 aliphatic rings. The molecule has 0 radical (unpaired) electrons. The summed E-state index contributed by atoms with van der Waals surface area (Å²) in [6, 6.07) is 4.88. The van der Waals surface area contributed by atoms with Gasteiger partial charge >= 0.3 is 0 Å². The van der Waals surface area contributed by atoms with Gasteiger partial charge < -0.3 is 9.64 Å². The molecule has 3 heterocycles. The highest BCUT2D eigenvalue weighted by Crippen LogP contribution is 2.27. The number of methoxy groups -OCH3 is 1. The van der Waals surface area contributed by atoms with Gasteiger partial charge in [0.15, 0.2) is 11.6 Å². The molecule has 2 aliphatic heterocycles. The zero-order valence-corrected chi connectivity index (χ0v) is 17.6. The smallest absolute Gasteiger partial charge is 0.237 e. The van der Waals surface area contributed by atoms with Crippen molar-refractivity contribution in [2.45, 2.75) is 12.8 Å². The van der Waals surface area contributed by atoms with Crippen LogP contribution < -0.4 is 0 Å². The monoisotopic (exact) mass is 428 g/mol. The Kier molecular flexibility index (Phi) is 6.67. The highest BCUT2D eigenvalue weighted by Gasteiger charge is 2.26. The number of benzene rings is 1. The van der Waals surface area contributed by atoms with E-state index in [4.69, 9.17) is 4.74 Å². The molecule has 1 fully saturated rings. The second-order valence-electron chi connectivity index (χ2n) is 8.08. The van der Waals surface area contributed by atoms with Crippen LogP contribution in [0.25, 0.3) is 17.0 Å². The molecule has 0 bridgehead atoms. The molecule has 1 aromatic carbocycles. The van der Waals surface area contributed by atoms with Crippen LogP contribution in [0.4, 0.5) is 8.78 Å². The molecular formula is C23H26F2N4O2. The van der Waals surface area contributed by atoms with E-state index < -0.39 is 11.6 Å². The van der Waals surface area contributed by atoms with Gasteiger partial charge in [-0.2, -0.15) is 0 Å². The number of hydrogen-bond acceptors (Lipinski definition) is 5. The molecule has 0 N–H and O–H groups in total. The second-order valence-corrected chi connectivity index (χ2v) is 8.08. The third-order valence-electron chi connectivity index (χ3n) is 5.89. The Balaban J connectivity index is 1.36. The maximum atomic E-state index is 14.6. The zero-order valence-electron chi connectivity index (χ0n) is 17.6. The van der Waals surface area contributed by atoms with Crippen molar-refractivity contribution in [2.24, 2.45) is 5.92 Å². The minimum absolute atomic E-state index is 0.128. The van der Waals surface area contributed by atoms with Crippen LogP contribution in [-0.2, 0) is 9.53 Å². The standard InChI is InChI=1S/C23H26F2N4O2/c1-31-15-16-4-7-28(13-16)14-22(30)29-8-5-17(6-9-29)18-2-3-20(21(25)10-18)23-26-11-19(24)12-27-23/h2-3,5,10-12,16H,4,6-9,13-15H2,1H3/t16-/m0/s1. The fraction of sp³-hybridized carbons (Fsp3) is 0.435. The normalized spacial score (nSPS) is 19.5. The number of carbonyl (C=O) groups excluding carboxylic acids is 1. The molecule has 4 rings (SSSR count). The number of ether oxygens (including phenoxy) is 1. The van der Waals surface area contributed by atoms with Crippen molar-refractivity contribution in [1.82, 2.24) is 19.8 Å². The van der Waals surface area contributed by atoms with Gasteiger partial charge in [-0.05, 0) is 48.6 Å². The van der Waals surface area contributed by atoms with E-state index in [1.165, 1.54) is 6.07 Å². The fourth-order valence-corrected chi connectivity index (χ4v) is 4.22. The van der Waals surface area contributed by atoms with E-state index in [2.05, 4.69) is 14.9 Å². The Morgan fingerprint density at radius 2 is 2.03 bits per heavy atom. The van der Waals surface area contributed by atoms with E-state index in [1.54, 1.807) is 13.2 Å². The van der Waals surface area contributed by atoms with Crippen LogP contribution in [0, 0.1) is 17.6 Å². The maximum absolute atomic E-state index is 14.6. The molecule has 8 heteroatoms. The Hall–Kier alpha value is -2.71. The predicted molar refractivity (Wildman–Crippen MR) is 113 cm³/mol. The summed E-state index contributed by atoms with van der Waals surface area (Å²) >= 11 is 0. The second kappa shape index (κ2) is 9.62. The van der Waals surface area contributed by atoms with Crippen molar-refractivity contribution in [1.29, 1.82) is 0 Å². The number of aromatic nitrogens is 2. The largest absolute Gasteiger partial charge is 0.384 e. The first-order valence-electron chi connectivity index (χ1n) is 10.5. The van der Waals surface area contributed by atoms with Gasteiger partial charge in [0.05, 0.1) is 31.1 Å². The van der Waals surface area contributed by atoms with Crippen molar-refractivity contribution in [3.05, 3.63) is 53.9 Å². The Bertz CT molecular complexity index is 965. The highest BCUT2D eigenvalue weighted by atomic mass is 19.1. The number of halogens is 2. The van der Waals surface area contributed by atoms with E-state index in [-0.39, 0.29) is 17.3 Å². The van der Waals surface area contributed by atoms with Crippen LogP contribution in [0.2, 0.25) is 0 Å². The number of carbonyl (C=O) groups is 1. The van der Waals surface area contributed by atoms with Crippen LogP contribution in [0.15, 0.2) is 36.7 Å². The van der Waals surface area contributed by atoms with Gasteiger partial charge in [0.2, 0.25) is 5.91 Å². The molecule has 0 unspecified atom stereocenters. The Labute approximate surface area is 180 Å². The van der Waals surface area contributed by atoms with Gasteiger partial charge in [0.25, 0.3) is 0 Å². The van der Waals surface area contributed by atoms with Gasteiger partial charge in [-0.3, -0.25) is 9.69 Å². The average Bonchev–Trinajstić information content (AvgIpc) is 3.21. The molecule has 31 heavy (non-hydrogen) atoms. The minimum Gasteiger partial charge on any atom is -0.384 e. The lowest BCUT2D eigenvalue weighted by Crippen LogP contribution is -2.41. The first-order chi connectivity index (χ1) is 15.0. The number of amides is 1. The summed E-state index contributed by atoms with van der Waals surface area (Å²) in [5, 5.41) is 0. The van der Waals surface area contributed by atoms with Crippen LogP contribution in [0.3, 0.4) is 0 Å². The number of likely N-dealkylation sites (tertiary alicyclic amines) is 1. The third-order valence-corrected chi connectivity index (χ3v) is 5.89. The van der Waals surface area contributed by atoms with Crippen LogP contribution in [-0.4, -0.2) is 72.1 Å². The average molecular weight is 428 g/mol. The van der Waals surface area contributed by atoms with Crippen LogP contribution in [0.1, 0.15) is 18.4 Å². The molecule has 1 atom stereocenters. The summed E-state index contributed by atoms with van der Waals surface area (Å²) in [6.45, 7) is 4.14. The Morgan fingerprint density at radius 3 is 2.71 bits per heavy atom. The van der Waals surface area contributed by atoms with E-state index in [0.717, 1.165) is 49.6 Å². The quantitative estimate of drug-likeness (QED) is 0.708. The molecule has 6 nitrogen and oxygen atoms in total. The van der Waals surface area contributed by atoms with Crippen molar-refractivity contribution in [3.8, 4) is 11.4 Å². The lowest BCUT2D eigenvalue weighted by molar-refractivity contribution is -0.131. The first kappa shape index (κ1) is 21.5. The van der Waals surface area contributed by atoms with Gasteiger partial charge in [-0.25, -0.2) is 18.7 Å². The minimum atomic E-state index is -0.563. The summed E-state index contributed by atoms with van der Waals surface area (Å²) in [4.78, 5) is 24.4. The summed E-state index contributed by atoms with van der Waals surface area (Å²) < 4.78 is 32.8. The van der Waals surface area contributed by atoms with Gasteiger partial charge in [0.1, 0.15) is 5.82 Å². The predicted octanol–water partition coefficient (Wildman–Crippen LogP) is 3.01. The molecular weight excluding hydrogens is 402 g/mol. The number of rotatable bonds is 6. The molecule has 1 saturated heterocycles. The molecule has 0 aliphatic carbocycles. The van der Waals surface area contributed by atoms with E-state index in [1.807, 2.05) is 17.0 Å². The maximum Gasteiger partial charge on any atom is 0.237 e. The molecule has 0 spiro atoms. The zero-order chi connectivity index (χ0) is 21.8. The SMILES string of the molecule is COC[C@H]1CCN(CC(=O)N2CC=C(c3ccc(-c4ncc(F)cn4)c(F)c3)CC2)C1. The van der Waals surface area contributed by atoms with Crippen molar-refractivity contribution >= 4 is 11.5 Å². The van der Waals surface area contributed by atoms with E-state index in [9.17, 15) is 13.6 Å². The van der Waals surface area contributed by atoms with E-state index >= 15 is 0 Å². The van der Waals surface area contributed by atoms with Crippen molar-refractivity contribution in [2.75, 3.05) is 46.4 Å². The molecule has 0 saturated carbocycles. The lowest BCUT2D eigenvalue weighted by atomic mass is 9.98. The summed E-state index contributed by atoms with van der Waals surface area (Å²) in [5.41, 5.74) is 2.02. The summed E-state index contributed by atoms with van der Waals surface area (Å²) in [7, 11) is 1.71. The fourth-order valence-electron chi connectivity index (χ4n) is 4.22. The number of nitrogens with zero attached hydrogens (tertiary/aromatic N) is 4. The van der Waals surface area contributed by atoms with Gasteiger partial charge in [0, 0.05) is 26.7 Å². The molecule has 164 valence electrons. The van der Waals surface area contributed by atoms with Gasteiger partial charge in [-0.15, -0.1) is 0 Å². The lowest BCUT2D eigenvalue weighted by Gasteiger charge is -2.28. The van der Waals surface area contributed by atoms with Crippen LogP contribution in [0.5, 0.6) is 0 Å². The topological polar surface area (TPSA) is 58.6 Å². The van der Waals surface area contributed by atoms with Crippen LogP contribution >= 0.6 is 0 Å². The first-order valence-corrected chi connectivity index (χ1v) is 10.5. The third kappa shape index (κ3) is 5.14. The molecule has 1 amide bonds. The van der Waals surface area contributed by atoms with Gasteiger partial charge in [-0.1, -0.05) is 12.1 Å². The molecule has 1 aromatic heterocycles. The number of hydrogen-bond donors (Lipinski definition) is 0. The van der Waals surface area contributed by atoms with Crippen molar-refractivity contribution in [3.63, 3.8) is 0 Å². The van der Waals surface area contributed by atoms with E-state index in [0.29, 0.717) is 32.0 Å². The summed E-state index contributed by atoms with van der Waals surface area (Å²) in [6.07, 6.45) is 5.76. The highest BCUT2D eigenvalue weighted by molar-refractivity contribution is 5.80.